The van der Waals surface area contributed by atoms with Gasteiger partial charge in [0.15, 0.2) is 0 Å². The standard InChI is InChI=1S/C25H32ClN3O6S2/c26-22-7-5-20(6-8-22)19-36(31,32)29-16-3-4-21(18-29)25(30)27-13-17-35-23-9-11-24(12-10-23)37(33,34)28-14-1-2-15-28/h5-12,21H,1-4,13-19H2,(H,27,30)/t21-/m1/s1. The first-order valence-electron chi connectivity index (χ1n) is 12.4. The minimum absolute atomic E-state index is 0.134. The lowest BCUT2D eigenvalue weighted by atomic mass is 9.99. The van der Waals surface area contributed by atoms with Gasteiger partial charge in [-0.15, -0.1) is 0 Å². The van der Waals surface area contributed by atoms with E-state index in [0.29, 0.717) is 48.8 Å². The van der Waals surface area contributed by atoms with E-state index in [1.54, 1.807) is 36.4 Å². The fraction of sp³-hybridized carbons (Fsp3) is 0.480. The first-order chi connectivity index (χ1) is 17.6. The second kappa shape index (κ2) is 12.1. The number of benzene rings is 2. The summed E-state index contributed by atoms with van der Waals surface area (Å²) in [6.07, 6.45) is 2.99. The molecule has 0 radical (unpaired) electrons. The Morgan fingerprint density at radius 3 is 2.24 bits per heavy atom. The third kappa shape index (κ3) is 7.23. The van der Waals surface area contributed by atoms with Crippen molar-refractivity contribution in [1.29, 1.82) is 0 Å². The molecule has 37 heavy (non-hydrogen) atoms. The van der Waals surface area contributed by atoms with Crippen molar-refractivity contribution in [2.45, 2.75) is 36.3 Å². The molecule has 2 saturated heterocycles. The van der Waals surface area contributed by atoms with Crippen LogP contribution in [0.15, 0.2) is 53.4 Å². The van der Waals surface area contributed by atoms with Crippen LogP contribution < -0.4 is 10.1 Å². The van der Waals surface area contributed by atoms with Crippen LogP contribution in [0, 0.1) is 5.92 Å². The van der Waals surface area contributed by atoms with E-state index in [1.807, 2.05) is 0 Å². The molecule has 1 N–H and O–H groups in total. The molecule has 2 aromatic rings. The van der Waals surface area contributed by atoms with Crippen molar-refractivity contribution in [2.75, 3.05) is 39.3 Å². The maximum atomic E-state index is 12.9. The van der Waals surface area contributed by atoms with Crippen molar-refractivity contribution in [2.24, 2.45) is 5.92 Å². The Morgan fingerprint density at radius 1 is 0.919 bits per heavy atom. The second-order valence-electron chi connectivity index (χ2n) is 9.30. The Hall–Kier alpha value is -2.18. The zero-order valence-electron chi connectivity index (χ0n) is 20.5. The lowest BCUT2D eigenvalue weighted by Crippen LogP contribution is -2.46. The summed E-state index contributed by atoms with van der Waals surface area (Å²) in [6.45, 7) is 2.10. The van der Waals surface area contributed by atoms with Crippen LogP contribution >= 0.6 is 11.6 Å². The van der Waals surface area contributed by atoms with Gasteiger partial charge in [-0.3, -0.25) is 4.79 Å². The molecule has 2 aliphatic rings. The van der Waals surface area contributed by atoms with Crippen molar-refractivity contribution in [3.63, 3.8) is 0 Å². The van der Waals surface area contributed by atoms with Crippen LogP contribution in [0.2, 0.25) is 5.02 Å². The van der Waals surface area contributed by atoms with Gasteiger partial charge in [-0.05, 0) is 67.6 Å². The molecule has 0 aliphatic carbocycles. The van der Waals surface area contributed by atoms with Gasteiger partial charge in [0.1, 0.15) is 12.4 Å². The van der Waals surface area contributed by atoms with E-state index < -0.39 is 26.0 Å². The predicted molar refractivity (Wildman–Crippen MR) is 141 cm³/mol. The fourth-order valence-electron chi connectivity index (χ4n) is 4.56. The number of amides is 1. The van der Waals surface area contributed by atoms with Crippen LogP contribution in [0.3, 0.4) is 0 Å². The molecular weight excluding hydrogens is 538 g/mol. The molecule has 0 aromatic heterocycles. The summed E-state index contributed by atoms with van der Waals surface area (Å²) in [5.41, 5.74) is 0.648. The molecule has 12 heteroatoms. The number of carbonyl (C=O) groups excluding carboxylic acids is 1. The first kappa shape index (κ1) is 27.8. The highest BCUT2D eigenvalue weighted by Gasteiger charge is 2.32. The van der Waals surface area contributed by atoms with Crippen LogP contribution in [0.1, 0.15) is 31.2 Å². The molecule has 1 amide bonds. The molecule has 2 fully saturated rings. The Labute approximate surface area is 223 Å². The topological polar surface area (TPSA) is 113 Å². The number of sulfonamides is 2. The van der Waals surface area contributed by atoms with E-state index in [9.17, 15) is 21.6 Å². The second-order valence-corrected chi connectivity index (χ2v) is 13.6. The summed E-state index contributed by atoms with van der Waals surface area (Å²) in [6, 6.07) is 13.0. The Bertz CT molecular complexity index is 1280. The van der Waals surface area contributed by atoms with Gasteiger partial charge in [-0.1, -0.05) is 23.7 Å². The third-order valence-electron chi connectivity index (χ3n) is 6.61. The van der Waals surface area contributed by atoms with E-state index >= 15 is 0 Å². The SMILES string of the molecule is O=C(NCCOc1ccc(S(=O)(=O)N2CCCC2)cc1)[C@@H]1CCCN(S(=O)(=O)Cc2ccc(Cl)cc2)C1. The quantitative estimate of drug-likeness (QED) is 0.440. The largest absolute Gasteiger partial charge is 0.492 e. The first-order valence-corrected chi connectivity index (χ1v) is 15.8. The molecule has 4 rings (SSSR count). The Kier molecular flexibility index (Phi) is 9.12. The van der Waals surface area contributed by atoms with Gasteiger partial charge < -0.3 is 10.1 Å². The zero-order valence-corrected chi connectivity index (χ0v) is 22.9. The minimum atomic E-state index is -3.56. The van der Waals surface area contributed by atoms with Crippen molar-refractivity contribution < 1.29 is 26.4 Å². The normalized spacial score (nSPS) is 19.5. The number of nitrogens with zero attached hydrogens (tertiary/aromatic N) is 2. The van der Waals surface area contributed by atoms with Crippen LogP contribution in [-0.4, -0.2) is 70.7 Å². The average molecular weight is 570 g/mol. The van der Waals surface area contributed by atoms with Gasteiger partial charge in [0, 0.05) is 31.2 Å². The smallest absolute Gasteiger partial charge is 0.243 e. The molecule has 202 valence electrons. The number of halogens is 1. The van der Waals surface area contributed by atoms with Crippen LogP contribution in [0.4, 0.5) is 0 Å². The maximum absolute atomic E-state index is 12.9. The molecule has 1 atom stereocenters. The molecule has 0 unspecified atom stereocenters. The van der Waals surface area contributed by atoms with Gasteiger partial charge in [0.05, 0.1) is 23.1 Å². The Morgan fingerprint density at radius 2 is 1.57 bits per heavy atom. The molecular formula is C25H32ClN3O6S2. The van der Waals surface area contributed by atoms with E-state index in [-0.39, 0.29) is 36.3 Å². The minimum Gasteiger partial charge on any atom is -0.492 e. The van der Waals surface area contributed by atoms with Crippen molar-refractivity contribution in [1.82, 2.24) is 13.9 Å². The highest BCUT2D eigenvalue weighted by Crippen LogP contribution is 2.24. The molecule has 2 aromatic carbocycles. The number of piperidine rings is 1. The summed E-state index contributed by atoms with van der Waals surface area (Å²) < 4.78 is 59.5. The van der Waals surface area contributed by atoms with E-state index in [2.05, 4.69) is 5.32 Å². The highest BCUT2D eigenvalue weighted by atomic mass is 35.5. The summed E-state index contributed by atoms with van der Waals surface area (Å²) in [7, 11) is -7.03. The summed E-state index contributed by atoms with van der Waals surface area (Å²) >= 11 is 5.88. The number of nitrogens with one attached hydrogen (secondary N) is 1. The fourth-order valence-corrected chi connectivity index (χ4v) is 7.82. The summed E-state index contributed by atoms with van der Waals surface area (Å²) in [5.74, 6) is -0.262. The predicted octanol–water partition coefficient (Wildman–Crippen LogP) is 2.86. The molecule has 2 heterocycles. The van der Waals surface area contributed by atoms with Gasteiger partial charge in [0.2, 0.25) is 26.0 Å². The molecule has 9 nitrogen and oxygen atoms in total. The number of carbonyl (C=O) groups is 1. The highest BCUT2D eigenvalue weighted by molar-refractivity contribution is 7.89. The lowest BCUT2D eigenvalue weighted by Gasteiger charge is -2.31. The van der Waals surface area contributed by atoms with Crippen LogP contribution in [0.5, 0.6) is 5.75 Å². The number of rotatable bonds is 10. The number of hydrogen-bond acceptors (Lipinski definition) is 6. The molecule has 2 aliphatic heterocycles. The Balaban J connectivity index is 1.22. The van der Waals surface area contributed by atoms with Gasteiger partial charge in [-0.2, -0.15) is 4.31 Å². The average Bonchev–Trinajstić information content (AvgIpc) is 3.44. The molecule has 0 spiro atoms. The molecule has 0 bridgehead atoms. The molecule has 0 saturated carbocycles. The van der Waals surface area contributed by atoms with Crippen molar-refractivity contribution in [3.8, 4) is 5.75 Å². The van der Waals surface area contributed by atoms with E-state index in [0.717, 1.165) is 12.8 Å². The van der Waals surface area contributed by atoms with Crippen LogP contribution in [0.25, 0.3) is 0 Å². The van der Waals surface area contributed by atoms with E-state index in [4.69, 9.17) is 16.3 Å². The maximum Gasteiger partial charge on any atom is 0.243 e. The van der Waals surface area contributed by atoms with Crippen LogP contribution in [-0.2, 0) is 30.6 Å². The van der Waals surface area contributed by atoms with Crippen molar-refractivity contribution in [3.05, 3.63) is 59.1 Å². The van der Waals surface area contributed by atoms with E-state index in [1.165, 1.54) is 20.7 Å². The van der Waals surface area contributed by atoms with Gasteiger partial charge in [0.25, 0.3) is 0 Å². The zero-order chi connectivity index (χ0) is 26.5. The third-order valence-corrected chi connectivity index (χ3v) is 10.6. The van der Waals surface area contributed by atoms with Crippen molar-refractivity contribution >= 4 is 37.6 Å². The number of ether oxygens (including phenoxy) is 1. The van der Waals surface area contributed by atoms with Gasteiger partial charge in [-0.25, -0.2) is 21.1 Å². The summed E-state index contributed by atoms with van der Waals surface area (Å²) in [4.78, 5) is 12.9. The monoisotopic (exact) mass is 569 g/mol. The van der Waals surface area contributed by atoms with Gasteiger partial charge >= 0.3 is 0 Å². The number of hydrogen-bond donors (Lipinski definition) is 1. The summed E-state index contributed by atoms with van der Waals surface area (Å²) in [5, 5.41) is 3.36. The lowest BCUT2D eigenvalue weighted by molar-refractivity contribution is -0.126.